The Bertz CT molecular complexity index is 523. The number of nitrogens with zero attached hydrogens (tertiary/aromatic N) is 3. The highest BCUT2D eigenvalue weighted by molar-refractivity contribution is 7.13. The van der Waals surface area contributed by atoms with Gasteiger partial charge in [-0.25, -0.2) is 4.98 Å². The van der Waals surface area contributed by atoms with Crippen molar-refractivity contribution >= 4 is 11.3 Å². The summed E-state index contributed by atoms with van der Waals surface area (Å²) in [6, 6.07) is 4.88. The van der Waals surface area contributed by atoms with Crippen molar-refractivity contribution in [3.8, 4) is 10.6 Å². The van der Waals surface area contributed by atoms with Crippen LogP contribution in [0.15, 0.2) is 30.0 Å². The second-order valence-electron chi connectivity index (χ2n) is 5.39. The van der Waals surface area contributed by atoms with Crippen molar-refractivity contribution < 1.29 is 0 Å². The molecular formula is C14H17N3S. The minimum Gasteiger partial charge on any atom is -0.332 e. The number of imidazole rings is 1. The van der Waals surface area contributed by atoms with Gasteiger partial charge in [0, 0.05) is 12.7 Å². The van der Waals surface area contributed by atoms with Crippen molar-refractivity contribution in [2.75, 3.05) is 19.6 Å². The Labute approximate surface area is 111 Å². The van der Waals surface area contributed by atoms with Gasteiger partial charge in [-0.15, -0.1) is 11.3 Å². The molecule has 0 aromatic carbocycles. The first-order chi connectivity index (χ1) is 8.90. The molecule has 2 aromatic heterocycles. The minimum absolute atomic E-state index is 0.647. The van der Waals surface area contributed by atoms with Crippen LogP contribution in [0.2, 0.25) is 0 Å². The fraction of sp³-hybridized carbons (Fsp3) is 0.500. The Morgan fingerprint density at radius 3 is 2.83 bits per heavy atom. The number of aromatic nitrogens is 2. The van der Waals surface area contributed by atoms with Gasteiger partial charge in [0.15, 0.2) is 0 Å². The van der Waals surface area contributed by atoms with Gasteiger partial charge in [-0.3, -0.25) is 0 Å². The molecule has 5 heterocycles. The molecule has 0 radical (unpaired) electrons. The second kappa shape index (κ2) is 4.21. The summed E-state index contributed by atoms with van der Waals surface area (Å²) in [5.41, 5.74) is 1.13. The average Bonchev–Trinajstić information content (AvgIpc) is 3.11. The number of piperidine rings is 3. The van der Waals surface area contributed by atoms with Gasteiger partial charge in [0.05, 0.1) is 22.9 Å². The van der Waals surface area contributed by atoms with Gasteiger partial charge >= 0.3 is 0 Å². The Morgan fingerprint density at radius 2 is 2.17 bits per heavy atom. The third kappa shape index (κ3) is 1.71. The number of hydrogen-bond donors (Lipinski definition) is 0. The number of fused-ring (bicyclic) bond motifs is 3. The van der Waals surface area contributed by atoms with Gasteiger partial charge in [-0.2, -0.15) is 0 Å². The molecule has 3 nitrogen and oxygen atoms in total. The van der Waals surface area contributed by atoms with E-state index in [0.717, 1.165) is 11.6 Å². The molecule has 3 fully saturated rings. The number of hydrogen-bond acceptors (Lipinski definition) is 3. The Balaban J connectivity index is 1.62. The molecule has 0 N–H and O–H groups in total. The van der Waals surface area contributed by atoms with Gasteiger partial charge in [0.1, 0.15) is 0 Å². The van der Waals surface area contributed by atoms with E-state index in [0.29, 0.717) is 6.04 Å². The van der Waals surface area contributed by atoms with E-state index in [9.17, 15) is 0 Å². The van der Waals surface area contributed by atoms with E-state index >= 15 is 0 Å². The van der Waals surface area contributed by atoms with E-state index in [1.165, 1.54) is 37.4 Å². The molecule has 0 amide bonds. The molecule has 0 saturated carbocycles. The lowest BCUT2D eigenvalue weighted by Crippen LogP contribution is -2.47. The third-order valence-electron chi connectivity index (χ3n) is 4.38. The molecule has 0 unspecified atom stereocenters. The predicted octanol–water partition coefficient (Wildman–Crippen LogP) is 2.88. The first kappa shape index (κ1) is 10.8. The quantitative estimate of drug-likeness (QED) is 0.827. The highest BCUT2D eigenvalue weighted by atomic mass is 32.1. The maximum Gasteiger partial charge on any atom is 0.0981 e. The SMILES string of the molecule is c1csc(-c2cn([C@H]3CN4CCC3CC4)cn2)c1. The van der Waals surface area contributed by atoms with Gasteiger partial charge in [0.2, 0.25) is 0 Å². The van der Waals surface area contributed by atoms with Crippen LogP contribution in [-0.2, 0) is 0 Å². The van der Waals surface area contributed by atoms with Crippen LogP contribution >= 0.6 is 11.3 Å². The van der Waals surface area contributed by atoms with Crippen LogP contribution in [0.25, 0.3) is 10.6 Å². The highest BCUT2D eigenvalue weighted by Gasteiger charge is 2.35. The number of rotatable bonds is 2. The molecule has 3 saturated heterocycles. The van der Waals surface area contributed by atoms with Crippen molar-refractivity contribution in [3.05, 3.63) is 30.0 Å². The van der Waals surface area contributed by atoms with Gasteiger partial charge < -0.3 is 9.47 Å². The van der Waals surface area contributed by atoms with Crippen LogP contribution in [0, 0.1) is 5.92 Å². The monoisotopic (exact) mass is 259 g/mol. The zero-order valence-electron chi connectivity index (χ0n) is 10.3. The molecular weight excluding hydrogens is 242 g/mol. The summed E-state index contributed by atoms with van der Waals surface area (Å²) in [6.07, 6.45) is 6.98. The average molecular weight is 259 g/mol. The van der Waals surface area contributed by atoms with Crippen LogP contribution in [0.3, 0.4) is 0 Å². The van der Waals surface area contributed by atoms with Crippen LogP contribution in [0.4, 0.5) is 0 Å². The van der Waals surface area contributed by atoms with Crippen molar-refractivity contribution in [2.45, 2.75) is 18.9 Å². The standard InChI is InChI=1S/C14H17N3S/c1-2-14(18-7-1)12-8-17(10-15-12)13-9-16-5-3-11(13)4-6-16/h1-2,7-8,10-11,13H,3-6,9H2/t13-/m0/s1. The molecule has 0 spiro atoms. The van der Waals surface area contributed by atoms with Gasteiger partial charge in [-0.05, 0) is 43.3 Å². The summed E-state index contributed by atoms with van der Waals surface area (Å²) in [6.45, 7) is 3.81. The van der Waals surface area contributed by atoms with Gasteiger partial charge in [0.25, 0.3) is 0 Å². The van der Waals surface area contributed by atoms with Crippen molar-refractivity contribution in [1.82, 2.24) is 14.5 Å². The third-order valence-corrected chi connectivity index (χ3v) is 5.27. The summed E-state index contributed by atoms with van der Waals surface area (Å²) in [5, 5.41) is 2.11. The molecule has 1 atom stereocenters. The summed E-state index contributed by atoms with van der Waals surface area (Å²) in [5.74, 6) is 0.861. The molecule has 0 aliphatic carbocycles. The smallest absolute Gasteiger partial charge is 0.0981 e. The normalized spacial score (nSPS) is 30.8. The maximum absolute atomic E-state index is 4.57. The van der Waals surface area contributed by atoms with Gasteiger partial charge in [-0.1, -0.05) is 6.07 Å². The molecule has 3 aliphatic heterocycles. The number of thiophene rings is 1. The van der Waals surface area contributed by atoms with Crippen molar-refractivity contribution in [1.29, 1.82) is 0 Å². The molecule has 4 heteroatoms. The lowest BCUT2D eigenvalue weighted by Gasteiger charge is -2.45. The summed E-state index contributed by atoms with van der Waals surface area (Å²) < 4.78 is 2.35. The van der Waals surface area contributed by atoms with Crippen LogP contribution in [0.5, 0.6) is 0 Å². The summed E-state index contributed by atoms with van der Waals surface area (Å²) in [7, 11) is 0. The maximum atomic E-state index is 4.57. The van der Waals surface area contributed by atoms with E-state index in [1.807, 2.05) is 6.33 Å². The zero-order chi connectivity index (χ0) is 11.9. The van der Waals surface area contributed by atoms with Crippen molar-refractivity contribution in [2.24, 2.45) is 5.92 Å². The van der Waals surface area contributed by atoms with E-state index in [1.54, 1.807) is 11.3 Å². The lowest BCUT2D eigenvalue weighted by atomic mass is 9.84. The second-order valence-corrected chi connectivity index (χ2v) is 6.34. The fourth-order valence-electron chi connectivity index (χ4n) is 3.34. The van der Waals surface area contributed by atoms with Crippen LogP contribution in [-0.4, -0.2) is 34.1 Å². The van der Waals surface area contributed by atoms with Crippen LogP contribution in [0.1, 0.15) is 18.9 Å². The molecule has 3 aliphatic rings. The summed E-state index contributed by atoms with van der Waals surface area (Å²) in [4.78, 5) is 8.44. The summed E-state index contributed by atoms with van der Waals surface area (Å²) >= 11 is 1.77. The first-order valence-corrected chi connectivity index (χ1v) is 7.58. The largest absolute Gasteiger partial charge is 0.332 e. The lowest BCUT2D eigenvalue weighted by molar-refractivity contribution is 0.0570. The Hall–Kier alpha value is -1.13. The zero-order valence-corrected chi connectivity index (χ0v) is 11.1. The van der Waals surface area contributed by atoms with E-state index < -0.39 is 0 Å². The first-order valence-electron chi connectivity index (χ1n) is 6.70. The molecule has 2 aromatic rings. The Kier molecular flexibility index (Phi) is 2.52. The minimum atomic E-state index is 0.647. The van der Waals surface area contributed by atoms with Crippen LogP contribution < -0.4 is 0 Å². The van der Waals surface area contributed by atoms with Crippen molar-refractivity contribution in [3.63, 3.8) is 0 Å². The van der Waals surface area contributed by atoms with E-state index in [4.69, 9.17) is 0 Å². The molecule has 18 heavy (non-hydrogen) atoms. The fourth-order valence-corrected chi connectivity index (χ4v) is 4.03. The molecule has 2 bridgehead atoms. The molecule has 94 valence electrons. The highest BCUT2D eigenvalue weighted by Crippen LogP contribution is 2.36. The Morgan fingerprint density at radius 1 is 1.28 bits per heavy atom. The predicted molar refractivity (Wildman–Crippen MR) is 73.7 cm³/mol. The molecule has 5 rings (SSSR count). The van der Waals surface area contributed by atoms with E-state index in [2.05, 4.69) is 38.2 Å². The van der Waals surface area contributed by atoms with E-state index in [-0.39, 0.29) is 0 Å². The topological polar surface area (TPSA) is 21.1 Å².